The van der Waals surface area contributed by atoms with Crippen LogP contribution >= 0.6 is 0 Å². The molecule has 0 aromatic heterocycles. The Morgan fingerprint density at radius 1 is 0.964 bits per heavy atom. The summed E-state index contributed by atoms with van der Waals surface area (Å²) < 4.78 is 0. The number of rotatable bonds is 5. The second-order valence-corrected chi connectivity index (χ2v) is 8.85. The maximum absolute atomic E-state index is 8.93. The molecule has 2 aliphatic carbocycles. The molecule has 28 heavy (non-hydrogen) atoms. The number of allylic oxidation sites excluding steroid dienone is 2. The SMILES string of the molecule is CCCC[C@H]1CC[C@H](C=CC#C[C@H]2CC[C@H](c3ccc(C#N)cc3)CC2)CC1. The minimum atomic E-state index is 0.559. The molecule has 0 amide bonds. The minimum Gasteiger partial charge on any atom is -0.192 e. The Morgan fingerprint density at radius 2 is 1.68 bits per heavy atom. The van der Waals surface area contributed by atoms with E-state index in [2.05, 4.69) is 49.1 Å². The highest BCUT2D eigenvalue weighted by Gasteiger charge is 2.21. The van der Waals surface area contributed by atoms with E-state index >= 15 is 0 Å². The van der Waals surface area contributed by atoms with Gasteiger partial charge in [-0.25, -0.2) is 0 Å². The molecule has 2 aliphatic rings. The van der Waals surface area contributed by atoms with Crippen LogP contribution in [0.2, 0.25) is 0 Å². The van der Waals surface area contributed by atoms with Crippen LogP contribution in [-0.4, -0.2) is 0 Å². The predicted molar refractivity (Wildman–Crippen MR) is 118 cm³/mol. The Bertz CT molecular complexity index is 708. The summed E-state index contributed by atoms with van der Waals surface area (Å²) in [5.41, 5.74) is 2.14. The van der Waals surface area contributed by atoms with Gasteiger partial charge in [0.05, 0.1) is 11.6 Å². The number of nitriles is 1. The Balaban J connectivity index is 1.38. The zero-order valence-corrected chi connectivity index (χ0v) is 17.5. The first-order valence-corrected chi connectivity index (χ1v) is 11.5. The summed E-state index contributed by atoms with van der Waals surface area (Å²) in [7, 11) is 0. The third-order valence-electron chi connectivity index (χ3n) is 6.83. The normalized spacial score (nSPS) is 27.7. The lowest BCUT2D eigenvalue weighted by atomic mass is 9.79. The Kier molecular flexibility index (Phi) is 8.23. The van der Waals surface area contributed by atoms with Gasteiger partial charge in [0.15, 0.2) is 0 Å². The number of hydrogen-bond donors (Lipinski definition) is 0. The van der Waals surface area contributed by atoms with Gasteiger partial charge >= 0.3 is 0 Å². The van der Waals surface area contributed by atoms with Gasteiger partial charge in [0, 0.05) is 5.92 Å². The van der Waals surface area contributed by atoms with E-state index in [1.165, 1.54) is 76.2 Å². The molecule has 0 atom stereocenters. The zero-order valence-electron chi connectivity index (χ0n) is 17.5. The Morgan fingerprint density at radius 3 is 2.32 bits per heavy atom. The van der Waals surface area contributed by atoms with Gasteiger partial charge in [-0.15, -0.1) is 0 Å². The first kappa shape index (κ1) is 20.7. The van der Waals surface area contributed by atoms with Crippen LogP contribution in [0.25, 0.3) is 0 Å². The van der Waals surface area contributed by atoms with Gasteiger partial charge in [-0.3, -0.25) is 0 Å². The fourth-order valence-corrected chi connectivity index (χ4v) is 4.91. The van der Waals surface area contributed by atoms with Crippen LogP contribution in [0.4, 0.5) is 0 Å². The Labute approximate surface area is 172 Å². The zero-order chi connectivity index (χ0) is 19.6. The summed E-state index contributed by atoms with van der Waals surface area (Å²) in [5.74, 6) is 9.81. The number of nitrogens with zero attached hydrogens (tertiary/aromatic N) is 1. The molecule has 0 N–H and O–H groups in total. The summed E-state index contributed by atoms with van der Waals surface area (Å²) in [5, 5.41) is 8.93. The lowest BCUT2D eigenvalue weighted by Crippen LogP contribution is -2.13. The maximum Gasteiger partial charge on any atom is 0.0991 e. The fraction of sp³-hybridized carbons (Fsp3) is 0.593. The second-order valence-electron chi connectivity index (χ2n) is 8.85. The van der Waals surface area contributed by atoms with Gasteiger partial charge in [-0.05, 0) is 92.9 Å². The second kappa shape index (κ2) is 11.1. The van der Waals surface area contributed by atoms with E-state index in [-0.39, 0.29) is 0 Å². The lowest BCUT2D eigenvalue weighted by molar-refractivity contribution is 0.291. The molecular formula is C27H35N. The topological polar surface area (TPSA) is 23.8 Å². The molecule has 1 aromatic carbocycles. The van der Waals surface area contributed by atoms with Crippen molar-refractivity contribution in [2.24, 2.45) is 17.8 Å². The van der Waals surface area contributed by atoms with Crippen LogP contribution in [0.5, 0.6) is 0 Å². The molecule has 1 nitrogen and oxygen atoms in total. The van der Waals surface area contributed by atoms with Crippen molar-refractivity contribution in [3.8, 4) is 17.9 Å². The van der Waals surface area contributed by atoms with Crippen LogP contribution in [0.1, 0.15) is 94.6 Å². The van der Waals surface area contributed by atoms with Crippen LogP contribution in [0.3, 0.4) is 0 Å². The van der Waals surface area contributed by atoms with E-state index in [1.54, 1.807) is 0 Å². The number of hydrogen-bond acceptors (Lipinski definition) is 1. The summed E-state index contributed by atoms with van der Waals surface area (Å²) in [6.07, 6.45) is 19.1. The van der Waals surface area contributed by atoms with Gasteiger partial charge < -0.3 is 0 Å². The molecule has 0 unspecified atom stereocenters. The van der Waals surface area contributed by atoms with Gasteiger partial charge in [0.1, 0.15) is 0 Å². The molecule has 1 aromatic rings. The average molecular weight is 374 g/mol. The predicted octanol–water partition coefficient (Wildman–Crippen LogP) is 7.39. The van der Waals surface area contributed by atoms with Crippen LogP contribution in [0.15, 0.2) is 36.4 Å². The number of benzene rings is 1. The molecule has 0 aliphatic heterocycles. The quantitative estimate of drug-likeness (QED) is 0.494. The van der Waals surface area contributed by atoms with Crippen molar-refractivity contribution >= 4 is 0 Å². The number of unbranched alkanes of at least 4 members (excludes halogenated alkanes) is 1. The summed E-state index contributed by atoms with van der Waals surface area (Å²) in [6, 6.07) is 10.4. The molecule has 3 rings (SSSR count). The molecule has 2 saturated carbocycles. The third kappa shape index (κ3) is 6.27. The molecule has 0 radical (unpaired) electrons. The van der Waals surface area contributed by atoms with Crippen molar-refractivity contribution in [1.82, 2.24) is 0 Å². The molecule has 0 heterocycles. The summed E-state index contributed by atoms with van der Waals surface area (Å²) in [4.78, 5) is 0. The molecule has 1 heteroatoms. The molecule has 0 spiro atoms. The highest BCUT2D eigenvalue weighted by atomic mass is 14.3. The van der Waals surface area contributed by atoms with Crippen molar-refractivity contribution < 1.29 is 0 Å². The third-order valence-corrected chi connectivity index (χ3v) is 6.83. The first-order valence-electron chi connectivity index (χ1n) is 11.5. The van der Waals surface area contributed by atoms with Gasteiger partial charge in [-0.2, -0.15) is 5.26 Å². The van der Waals surface area contributed by atoms with E-state index in [0.29, 0.717) is 11.8 Å². The molecule has 2 fully saturated rings. The lowest BCUT2D eigenvalue weighted by Gasteiger charge is -2.26. The van der Waals surface area contributed by atoms with Crippen LogP contribution in [-0.2, 0) is 0 Å². The van der Waals surface area contributed by atoms with E-state index in [0.717, 1.165) is 17.4 Å². The monoisotopic (exact) mass is 373 g/mol. The molecule has 148 valence electrons. The van der Waals surface area contributed by atoms with E-state index < -0.39 is 0 Å². The van der Waals surface area contributed by atoms with E-state index in [1.807, 2.05) is 12.1 Å². The largest absolute Gasteiger partial charge is 0.192 e. The Hall–Kier alpha value is -1.99. The van der Waals surface area contributed by atoms with Crippen molar-refractivity contribution in [2.75, 3.05) is 0 Å². The molecular weight excluding hydrogens is 338 g/mol. The van der Waals surface area contributed by atoms with Gasteiger partial charge in [-0.1, -0.05) is 56.2 Å². The van der Waals surface area contributed by atoms with Crippen LogP contribution in [0, 0.1) is 40.9 Å². The first-order chi connectivity index (χ1) is 13.8. The standard InChI is InChI=1S/C27H35N/c1-2-3-6-22-9-11-23(12-10-22)7-4-5-8-24-13-17-26(18-14-24)27-19-15-25(21-28)16-20-27/h4,7,15-16,19-20,22-24,26H,2-3,6,9-14,17-18H2,1H3/t22-,23-,24-,26-. The van der Waals surface area contributed by atoms with Gasteiger partial charge in [0.25, 0.3) is 0 Å². The molecule has 0 saturated heterocycles. The van der Waals surface area contributed by atoms with E-state index in [9.17, 15) is 0 Å². The minimum absolute atomic E-state index is 0.559. The van der Waals surface area contributed by atoms with Gasteiger partial charge in [0.2, 0.25) is 0 Å². The summed E-state index contributed by atoms with van der Waals surface area (Å²) >= 11 is 0. The van der Waals surface area contributed by atoms with Crippen LogP contribution < -0.4 is 0 Å². The van der Waals surface area contributed by atoms with Crippen molar-refractivity contribution in [3.05, 3.63) is 47.5 Å². The highest BCUT2D eigenvalue weighted by molar-refractivity contribution is 5.33. The van der Waals surface area contributed by atoms with Crippen molar-refractivity contribution in [1.29, 1.82) is 5.26 Å². The smallest absolute Gasteiger partial charge is 0.0991 e. The fourth-order valence-electron chi connectivity index (χ4n) is 4.91. The average Bonchev–Trinajstić information content (AvgIpc) is 2.76. The maximum atomic E-state index is 8.93. The molecule has 0 bridgehead atoms. The van der Waals surface area contributed by atoms with Crippen molar-refractivity contribution in [3.63, 3.8) is 0 Å². The summed E-state index contributed by atoms with van der Waals surface area (Å²) in [6.45, 7) is 2.30. The van der Waals surface area contributed by atoms with Crippen molar-refractivity contribution in [2.45, 2.75) is 83.5 Å². The highest BCUT2D eigenvalue weighted by Crippen LogP contribution is 2.35. The van der Waals surface area contributed by atoms with E-state index in [4.69, 9.17) is 5.26 Å².